The van der Waals surface area contributed by atoms with Crippen LogP contribution in [-0.2, 0) is 0 Å². The molecular formula is C8H7NaO2Te. The molecule has 0 unspecified atom stereocenters. The Bertz CT molecular complexity index is 288. The molecule has 0 atom stereocenters. The van der Waals surface area contributed by atoms with Gasteiger partial charge in [-0.1, -0.05) is 0 Å². The first-order valence-corrected chi connectivity index (χ1v) is 12.5. The molecule has 12 heavy (non-hydrogen) atoms. The Morgan fingerprint density at radius 3 is 2.75 bits per heavy atom. The van der Waals surface area contributed by atoms with Gasteiger partial charge in [-0.3, -0.25) is 0 Å². The molecule has 0 aliphatic carbocycles. The van der Waals surface area contributed by atoms with E-state index in [-0.39, 0.29) is 0 Å². The minimum absolute atomic E-state index is 0.310. The molecule has 0 saturated heterocycles. The average Bonchev–Trinajstić information content (AvgIpc) is 2.16. The number of carbonyl (C=O) groups is 1. The molecule has 1 aromatic rings. The fourth-order valence-corrected chi connectivity index (χ4v) is 3.51. The van der Waals surface area contributed by atoms with Crippen molar-refractivity contribution >= 4 is 42.9 Å². The van der Waals surface area contributed by atoms with Crippen molar-refractivity contribution in [2.45, 2.75) is 0 Å². The Balaban J connectivity index is 3.04. The Labute approximate surface area is 94.1 Å². The van der Waals surface area contributed by atoms with Gasteiger partial charge in [0, 0.05) is 0 Å². The van der Waals surface area contributed by atoms with Crippen LogP contribution in [0.15, 0.2) is 24.3 Å². The van der Waals surface area contributed by atoms with E-state index in [0.29, 0.717) is 9.58 Å². The van der Waals surface area contributed by atoms with E-state index in [4.69, 9.17) is 4.74 Å². The van der Waals surface area contributed by atoms with Crippen molar-refractivity contribution in [1.82, 2.24) is 0 Å². The summed E-state index contributed by atoms with van der Waals surface area (Å²) in [6.45, 7) is 0. The van der Waals surface area contributed by atoms with Gasteiger partial charge in [-0.25, -0.2) is 0 Å². The first-order valence-electron chi connectivity index (χ1n) is 3.51. The third kappa shape index (κ3) is 2.48. The van der Waals surface area contributed by atoms with Crippen LogP contribution >= 0.6 is 0 Å². The summed E-state index contributed by atoms with van der Waals surface area (Å²) in [5, 5.41) is 0. The molecular weight excluding hydrogens is 279 g/mol. The van der Waals surface area contributed by atoms with Gasteiger partial charge in [-0.05, 0) is 0 Å². The second-order valence-electron chi connectivity index (χ2n) is 2.19. The molecule has 0 radical (unpaired) electrons. The van der Waals surface area contributed by atoms with Gasteiger partial charge in [-0.2, -0.15) is 0 Å². The van der Waals surface area contributed by atoms with Gasteiger partial charge >= 0.3 is 95.1 Å². The number of ether oxygens (including phenoxy) is 1. The fraction of sp³-hybridized carbons (Fsp3) is 0.125. The minimum atomic E-state index is -0.399. The van der Waals surface area contributed by atoms with E-state index in [1.54, 1.807) is 7.11 Å². The van der Waals surface area contributed by atoms with Crippen LogP contribution in [0.3, 0.4) is 0 Å². The molecule has 0 amide bonds. The topological polar surface area (TPSA) is 26.3 Å². The number of carbonyl (C=O) groups excluding carboxylic acids is 1. The van der Waals surface area contributed by atoms with Gasteiger partial charge in [0.15, 0.2) is 0 Å². The molecule has 0 bridgehead atoms. The maximum atomic E-state index is 11.4. The molecule has 0 spiro atoms. The summed E-state index contributed by atoms with van der Waals surface area (Å²) in [7, 11) is 1.60. The van der Waals surface area contributed by atoms with E-state index in [1.807, 2.05) is 24.3 Å². The number of rotatable bonds is 3. The van der Waals surface area contributed by atoms with Crippen LogP contribution in [0.1, 0.15) is 10.4 Å². The summed E-state index contributed by atoms with van der Waals surface area (Å²) in [5.41, 5.74) is 0.761. The molecule has 0 fully saturated rings. The van der Waals surface area contributed by atoms with Gasteiger partial charge < -0.3 is 0 Å². The van der Waals surface area contributed by atoms with E-state index < -0.39 is 15.5 Å². The number of hydrogen-bond acceptors (Lipinski definition) is 2. The van der Waals surface area contributed by atoms with E-state index in [0.717, 1.165) is 29.1 Å². The standard InChI is InChI=1S/C8H8O2Te.Na/c1-10-7-5-3-2-4-6(7)8(9)11;/h2-5H,1H3,(H,9,11);/q;+1/p-1. The fourth-order valence-electron chi connectivity index (χ4n) is 0.923. The molecule has 0 heterocycles. The summed E-state index contributed by atoms with van der Waals surface area (Å²) in [5.74, 6) is 0.712. The van der Waals surface area contributed by atoms with Gasteiger partial charge in [0.2, 0.25) is 0 Å². The first kappa shape index (κ1) is 10.6. The van der Waals surface area contributed by atoms with Crippen molar-refractivity contribution < 1.29 is 9.53 Å². The molecule has 0 aromatic heterocycles. The second kappa shape index (κ2) is 5.26. The monoisotopic (exact) mass is 288 g/mol. The summed E-state index contributed by atoms with van der Waals surface area (Å²) in [4.78, 5) is 11.4. The SMILES string of the molecule is COc1ccccc1C(=O)[Te][Na]. The molecule has 0 aliphatic heterocycles. The van der Waals surface area contributed by atoms with Crippen molar-refractivity contribution in [2.24, 2.45) is 0 Å². The number of hydrogen-bond donors (Lipinski definition) is 0. The Kier molecular flexibility index (Phi) is 4.63. The third-order valence-corrected chi connectivity index (χ3v) is 5.69. The quantitative estimate of drug-likeness (QED) is 0.761. The van der Waals surface area contributed by atoms with Crippen molar-refractivity contribution in [3.8, 4) is 5.75 Å². The molecule has 1 rings (SSSR count). The second-order valence-corrected chi connectivity index (χ2v) is 7.15. The molecule has 2 nitrogen and oxygen atoms in total. The van der Waals surface area contributed by atoms with Crippen LogP contribution in [0.2, 0.25) is 0 Å². The predicted molar refractivity (Wildman–Crippen MR) is 48.8 cm³/mol. The Morgan fingerprint density at radius 1 is 1.50 bits per heavy atom. The number of para-hydroxylation sites is 1. The van der Waals surface area contributed by atoms with Crippen LogP contribution in [0, 0.1) is 0 Å². The first-order chi connectivity index (χ1) is 5.79. The van der Waals surface area contributed by atoms with Crippen LogP contribution in [0.5, 0.6) is 5.75 Å². The molecule has 58 valence electrons. The van der Waals surface area contributed by atoms with E-state index in [9.17, 15) is 4.79 Å². The van der Waals surface area contributed by atoms with Gasteiger partial charge in [0.05, 0.1) is 0 Å². The number of benzene rings is 1. The van der Waals surface area contributed by atoms with Gasteiger partial charge in [0.1, 0.15) is 0 Å². The summed E-state index contributed by atoms with van der Waals surface area (Å²) in [6.07, 6.45) is 0. The molecule has 1 aromatic carbocycles. The van der Waals surface area contributed by atoms with Crippen LogP contribution in [-0.4, -0.2) is 50.0 Å². The molecule has 0 saturated carbocycles. The summed E-state index contributed by atoms with van der Waals surface area (Å²) >= 11 is 0.634. The zero-order valence-corrected chi connectivity index (χ0v) is 11.4. The predicted octanol–water partition coefficient (Wildman–Crippen LogP) is 0.623. The third-order valence-electron chi connectivity index (χ3n) is 1.51. The molecule has 0 aliphatic rings. The summed E-state index contributed by atoms with van der Waals surface area (Å²) < 4.78 is 5.39. The number of methoxy groups -OCH3 is 1. The van der Waals surface area contributed by atoms with Gasteiger partial charge in [0.25, 0.3) is 0 Å². The molecule has 4 heteroatoms. The Morgan fingerprint density at radius 2 is 2.17 bits per heavy atom. The summed E-state index contributed by atoms with van der Waals surface area (Å²) in [6, 6.07) is 7.42. The van der Waals surface area contributed by atoms with Crippen LogP contribution < -0.4 is 4.74 Å². The zero-order valence-electron chi connectivity index (χ0n) is 7.03. The zero-order chi connectivity index (χ0) is 8.97. The van der Waals surface area contributed by atoms with Crippen LogP contribution in [0.4, 0.5) is 0 Å². The average molecular weight is 286 g/mol. The van der Waals surface area contributed by atoms with Gasteiger partial charge in [-0.15, -0.1) is 0 Å². The van der Waals surface area contributed by atoms with Crippen molar-refractivity contribution in [3.63, 3.8) is 0 Å². The van der Waals surface area contributed by atoms with Crippen molar-refractivity contribution in [1.29, 1.82) is 0 Å². The Hall–Kier alpha value is 0.480. The van der Waals surface area contributed by atoms with Crippen molar-refractivity contribution in [3.05, 3.63) is 29.8 Å². The molecule has 0 N–H and O–H groups in total. The van der Waals surface area contributed by atoms with E-state index >= 15 is 0 Å². The van der Waals surface area contributed by atoms with Crippen LogP contribution in [0.25, 0.3) is 0 Å². The van der Waals surface area contributed by atoms with E-state index in [1.165, 1.54) is 0 Å². The maximum absolute atomic E-state index is 11.4. The van der Waals surface area contributed by atoms with Crippen molar-refractivity contribution in [2.75, 3.05) is 7.11 Å². The van der Waals surface area contributed by atoms with E-state index in [2.05, 4.69) is 0 Å². The normalized spacial score (nSPS) is 9.58.